The van der Waals surface area contributed by atoms with Crippen molar-refractivity contribution < 1.29 is 18.7 Å². The van der Waals surface area contributed by atoms with Crippen molar-refractivity contribution in [1.82, 2.24) is 9.78 Å². The topological polar surface area (TPSA) is 78.5 Å². The van der Waals surface area contributed by atoms with Crippen molar-refractivity contribution in [2.24, 2.45) is 0 Å². The maximum absolute atomic E-state index is 12.3. The first-order valence-corrected chi connectivity index (χ1v) is 8.29. The molecule has 0 saturated carbocycles. The van der Waals surface area contributed by atoms with Crippen molar-refractivity contribution in [1.29, 1.82) is 0 Å². The molecule has 134 valence electrons. The van der Waals surface area contributed by atoms with E-state index in [1.165, 1.54) is 0 Å². The second-order valence-electron chi connectivity index (χ2n) is 6.14. The van der Waals surface area contributed by atoms with Gasteiger partial charge in [-0.2, -0.15) is 5.10 Å². The average Bonchev–Trinajstić information content (AvgIpc) is 3.31. The van der Waals surface area contributed by atoms with Gasteiger partial charge < -0.3 is 19.2 Å². The standard InChI is InChI=1S/C19H19N3O4/c1-24-14-6-12(7-15(8-14)25-2)16-9-18(23)21-19-17(16)10-20-22(19)11-13-4-3-5-26-13/h3-8,10,16H,9,11H2,1-2H3,(H,21,23). The Kier molecular flexibility index (Phi) is 4.12. The molecular formula is C19H19N3O4. The van der Waals surface area contributed by atoms with Crippen LogP contribution in [0.1, 0.15) is 29.2 Å². The van der Waals surface area contributed by atoms with Gasteiger partial charge in [0.25, 0.3) is 0 Å². The van der Waals surface area contributed by atoms with E-state index in [-0.39, 0.29) is 11.8 Å². The molecule has 26 heavy (non-hydrogen) atoms. The summed E-state index contributed by atoms with van der Waals surface area (Å²) in [6.45, 7) is 0.455. The quantitative estimate of drug-likeness (QED) is 0.763. The molecule has 1 aliphatic rings. The lowest BCUT2D eigenvalue weighted by Crippen LogP contribution is -2.25. The van der Waals surface area contributed by atoms with Crippen LogP contribution in [0.15, 0.2) is 47.2 Å². The molecule has 0 bridgehead atoms. The molecule has 0 spiro atoms. The third-order valence-corrected chi connectivity index (χ3v) is 4.55. The molecule has 0 radical (unpaired) electrons. The summed E-state index contributed by atoms with van der Waals surface area (Å²) in [5, 5.41) is 7.38. The maximum Gasteiger partial charge on any atom is 0.226 e. The molecule has 7 heteroatoms. The Hall–Kier alpha value is -3.22. The largest absolute Gasteiger partial charge is 0.497 e. The fourth-order valence-electron chi connectivity index (χ4n) is 3.27. The van der Waals surface area contributed by atoms with Crippen molar-refractivity contribution in [3.63, 3.8) is 0 Å². The summed E-state index contributed by atoms with van der Waals surface area (Å²) in [6.07, 6.45) is 3.76. The van der Waals surface area contributed by atoms with E-state index in [1.54, 1.807) is 31.4 Å². The van der Waals surface area contributed by atoms with E-state index in [0.717, 1.165) is 16.9 Å². The van der Waals surface area contributed by atoms with E-state index in [4.69, 9.17) is 13.9 Å². The molecule has 3 aromatic rings. The zero-order chi connectivity index (χ0) is 18.1. The van der Waals surface area contributed by atoms with Crippen LogP contribution in [0.4, 0.5) is 5.82 Å². The summed E-state index contributed by atoms with van der Waals surface area (Å²) < 4.78 is 17.9. The van der Waals surface area contributed by atoms with Gasteiger partial charge in [-0.05, 0) is 29.8 Å². The van der Waals surface area contributed by atoms with Gasteiger partial charge in [0.1, 0.15) is 29.6 Å². The van der Waals surface area contributed by atoms with Crippen LogP contribution in [0.2, 0.25) is 0 Å². The van der Waals surface area contributed by atoms with Crippen LogP contribution in [-0.2, 0) is 11.3 Å². The summed E-state index contributed by atoms with van der Waals surface area (Å²) >= 11 is 0. The van der Waals surface area contributed by atoms with Crippen LogP contribution < -0.4 is 14.8 Å². The van der Waals surface area contributed by atoms with E-state index >= 15 is 0 Å². The Morgan fingerprint density at radius 1 is 1.27 bits per heavy atom. The highest BCUT2D eigenvalue weighted by atomic mass is 16.5. The van der Waals surface area contributed by atoms with Gasteiger partial charge in [0.2, 0.25) is 5.91 Å². The number of aromatic nitrogens is 2. The van der Waals surface area contributed by atoms with Gasteiger partial charge >= 0.3 is 0 Å². The Balaban J connectivity index is 1.74. The third kappa shape index (κ3) is 2.92. The van der Waals surface area contributed by atoms with Crippen LogP contribution in [0.3, 0.4) is 0 Å². The number of amides is 1. The van der Waals surface area contributed by atoms with Crippen LogP contribution in [0.25, 0.3) is 0 Å². The molecule has 1 N–H and O–H groups in total. The van der Waals surface area contributed by atoms with Gasteiger partial charge in [-0.25, -0.2) is 4.68 Å². The molecule has 3 heterocycles. The predicted molar refractivity (Wildman–Crippen MR) is 94.7 cm³/mol. The second kappa shape index (κ2) is 6.59. The molecule has 1 unspecified atom stereocenters. The molecular weight excluding hydrogens is 334 g/mol. The number of rotatable bonds is 5. The minimum Gasteiger partial charge on any atom is -0.497 e. The van der Waals surface area contributed by atoms with Gasteiger partial charge in [-0.1, -0.05) is 0 Å². The number of fused-ring (bicyclic) bond motifs is 1. The van der Waals surface area contributed by atoms with Crippen LogP contribution in [-0.4, -0.2) is 29.9 Å². The normalized spacial score (nSPS) is 16.1. The number of hydrogen-bond donors (Lipinski definition) is 1. The Bertz CT molecular complexity index is 908. The van der Waals surface area contributed by atoms with Crippen LogP contribution in [0.5, 0.6) is 11.5 Å². The third-order valence-electron chi connectivity index (χ3n) is 4.55. The average molecular weight is 353 g/mol. The summed E-state index contributed by atoms with van der Waals surface area (Å²) in [7, 11) is 3.22. The second-order valence-corrected chi connectivity index (χ2v) is 6.14. The van der Waals surface area contributed by atoms with E-state index in [1.807, 2.05) is 30.3 Å². The number of ether oxygens (including phenoxy) is 2. The number of hydrogen-bond acceptors (Lipinski definition) is 5. The fourth-order valence-corrected chi connectivity index (χ4v) is 3.27. The summed E-state index contributed by atoms with van der Waals surface area (Å²) in [4.78, 5) is 12.3. The first-order chi connectivity index (χ1) is 12.7. The van der Waals surface area contributed by atoms with E-state index in [9.17, 15) is 4.79 Å². The molecule has 1 atom stereocenters. The van der Waals surface area contributed by atoms with Gasteiger partial charge in [-0.15, -0.1) is 0 Å². The first kappa shape index (κ1) is 16.3. The maximum atomic E-state index is 12.3. The van der Waals surface area contributed by atoms with Gasteiger partial charge in [0.05, 0.1) is 26.7 Å². The minimum atomic E-state index is -0.117. The van der Waals surface area contributed by atoms with Crippen molar-refractivity contribution in [2.75, 3.05) is 19.5 Å². The Labute approximate surface area is 150 Å². The van der Waals surface area contributed by atoms with Crippen molar-refractivity contribution >= 4 is 11.7 Å². The molecule has 2 aromatic heterocycles. The SMILES string of the molecule is COc1cc(OC)cc(C2CC(=O)Nc3c2cnn3Cc2ccco2)c1. The smallest absolute Gasteiger partial charge is 0.226 e. The van der Waals surface area contributed by atoms with E-state index in [2.05, 4.69) is 10.4 Å². The lowest BCUT2D eigenvalue weighted by molar-refractivity contribution is -0.116. The molecule has 4 rings (SSSR count). The highest BCUT2D eigenvalue weighted by Crippen LogP contribution is 2.39. The Morgan fingerprint density at radius 2 is 2.04 bits per heavy atom. The number of carbonyl (C=O) groups excluding carboxylic acids is 1. The van der Waals surface area contributed by atoms with Gasteiger partial charge in [0, 0.05) is 24.0 Å². The molecule has 0 fully saturated rings. The van der Waals surface area contributed by atoms with Crippen molar-refractivity contribution in [3.8, 4) is 11.5 Å². The number of nitrogens with one attached hydrogen (secondary N) is 1. The van der Waals surface area contributed by atoms with E-state index < -0.39 is 0 Å². The van der Waals surface area contributed by atoms with E-state index in [0.29, 0.717) is 30.3 Å². The minimum absolute atomic E-state index is 0.0505. The number of benzene rings is 1. The zero-order valence-corrected chi connectivity index (χ0v) is 14.6. The first-order valence-electron chi connectivity index (χ1n) is 8.29. The molecule has 0 aliphatic carbocycles. The van der Waals surface area contributed by atoms with Crippen molar-refractivity contribution in [2.45, 2.75) is 18.9 Å². The van der Waals surface area contributed by atoms with Crippen molar-refractivity contribution in [3.05, 3.63) is 59.7 Å². The predicted octanol–water partition coefficient (Wildman–Crippen LogP) is 3.02. The molecule has 1 aliphatic heterocycles. The van der Waals surface area contributed by atoms with Crippen LogP contribution >= 0.6 is 0 Å². The highest BCUT2D eigenvalue weighted by molar-refractivity contribution is 5.94. The monoisotopic (exact) mass is 353 g/mol. The summed E-state index contributed by atoms with van der Waals surface area (Å²) in [5.74, 6) is 2.68. The summed E-state index contributed by atoms with van der Waals surface area (Å²) in [5.41, 5.74) is 1.92. The lowest BCUT2D eigenvalue weighted by atomic mass is 9.87. The number of methoxy groups -OCH3 is 2. The molecule has 1 amide bonds. The number of carbonyl (C=O) groups is 1. The lowest BCUT2D eigenvalue weighted by Gasteiger charge is -2.24. The summed E-state index contributed by atoms with van der Waals surface area (Å²) in [6, 6.07) is 9.38. The van der Waals surface area contributed by atoms with Gasteiger partial charge in [-0.3, -0.25) is 4.79 Å². The number of anilines is 1. The zero-order valence-electron chi connectivity index (χ0n) is 14.6. The Morgan fingerprint density at radius 3 is 2.69 bits per heavy atom. The molecule has 1 aromatic carbocycles. The fraction of sp³-hybridized carbons (Fsp3) is 0.263. The highest BCUT2D eigenvalue weighted by Gasteiger charge is 2.30. The molecule has 7 nitrogen and oxygen atoms in total. The number of nitrogens with zero attached hydrogens (tertiary/aromatic N) is 2. The number of furan rings is 1. The van der Waals surface area contributed by atoms with Crippen LogP contribution in [0, 0.1) is 0 Å². The van der Waals surface area contributed by atoms with Gasteiger partial charge in [0.15, 0.2) is 0 Å². The molecule has 0 saturated heterocycles.